The van der Waals surface area contributed by atoms with E-state index in [2.05, 4.69) is 29.6 Å². The van der Waals surface area contributed by atoms with E-state index in [4.69, 9.17) is 12.2 Å². The quantitative estimate of drug-likeness (QED) is 0.676. The summed E-state index contributed by atoms with van der Waals surface area (Å²) in [5.74, 6) is 0.00211. The minimum absolute atomic E-state index is 0.00211. The highest BCUT2D eigenvalue weighted by molar-refractivity contribution is 8.24. The average Bonchev–Trinajstić information content (AvgIpc) is 2.85. The van der Waals surface area contributed by atoms with E-state index in [0.29, 0.717) is 4.32 Å². The summed E-state index contributed by atoms with van der Waals surface area (Å²) >= 11 is 8.28. The number of carbonyl (C=O) groups is 1. The van der Waals surface area contributed by atoms with Crippen LogP contribution in [0.2, 0.25) is 0 Å². The maximum absolute atomic E-state index is 12.2. The van der Waals surface area contributed by atoms with Crippen molar-refractivity contribution in [2.24, 2.45) is 0 Å². The number of carbonyl (C=O) groups excluding carboxylic acids is 1. The Morgan fingerprint density at radius 1 is 1.05 bits per heavy atom. The van der Waals surface area contributed by atoms with Crippen LogP contribution in [-0.4, -0.2) is 15.5 Å². The van der Waals surface area contributed by atoms with Crippen LogP contribution in [0.25, 0.3) is 0 Å². The van der Waals surface area contributed by atoms with Gasteiger partial charge < -0.3 is 5.32 Å². The van der Waals surface area contributed by atoms with Crippen molar-refractivity contribution in [2.45, 2.75) is 15.4 Å². The van der Waals surface area contributed by atoms with Crippen LogP contribution in [0, 0.1) is 0 Å². The first-order valence-corrected chi connectivity index (χ1v) is 8.69. The van der Waals surface area contributed by atoms with Crippen molar-refractivity contribution in [1.82, 2.24) is 5.32 Å². The molecule has 1 fully saturated rings. The third kappa shape index (κ3) is 3.48. The van der Waals surface area contributed by atoms with Gasteiger partial charge in [0.15, 0.2) is 0 Å². The third-order valence-corrected chi connectivity index (χ3v) is 6.09. The largest absolute Gasteiger partial charge is 0.311 e. The minimum Gasteiger partial charge on any atom is -0.311 e. The molecule has 0 aromatic heterocycles. The van der Waals surface area contributed by atoms with E-state index in [-0.39, 0.29) is 16.4 Å². The van der Waals surface area contributed by atoms with Crippen LogP contribution in [0.1, 0.15) is 10.8 Å². The Morgan fingerprint density at radius 2 is 1.67 bits per heavy atom. The molecule has 2 aromatic carbocycles. The van der Waals surface area contributed by atoms with Crippen molar-refractivity contribution in [3.05, 3.63) is 66.2 Å². The van der Waals surface area contributed by atoms with Gasteiger partial charge in [-0.1, -0.05) is 72.5 Å². The molecule has 2 atom stereocenters. The number of amides is 1. The van der Waals surface area contributed by atoms with Crippen molar-refractivity contribution in [3.63, 3.8) is 0 Å². The highest BCUT2D eigenvalue weighted by Gasteiger charge is 2.37. The molecule has 2 nitrogen and oxygen atoms in total. The monoisotopic (exact) mass is 331 g/mol. The zero-order chi connectivity index (χ0) is 14.7. The Bertz CT molecular complexity index is 645. The van der Waals surface area contributed by atoms with Gasteiger partial charge in [-0.2, -0.15) is 0 Å². The molecule has 5 heteroatoms. The molecule has 0 aliphatic carbocycles. The molecule has 0 spiro atoms. The molecule has 0 radical (unpaired) electrons. The summed E-state index contributed by atoms with van der Waals surface area (Å²) in [5.41, 5.74) is 1.14. The second-order valence-electron chi connectivity index (χ2n) is 4.58. The fourth-order valence-corrected chi connectivity index (χ4v) is 4.89. The van der Waals surface area contributed by atoms with Crippen LogP contribution in [0.15, 0.2) is 65.6 Å². The molecule has 2 unspecified atom stereocenters. The van der Waals surface area contributed by atoms with E-state index in [1.165, 1.54) is 11.8 Å². The summed E-state index contributed by atoms with van der Waals surface area (Å²) in [6.07, 6.45) is 0. The number of rotatable bonds is 4. The maximum Gasteiger partial charge on any atom is 0.240 e. The van der Waals surface area contributed by atoms with Crippen LogP contribution in [0.5, 0.6) is 0 Å². The molecular formula is C16H13NOS3. The molecule has 106 valence electrons. The molecule has 1 aliphatic rings. The number of hydrogen-bond acceptors (Lipinski definition) is 4. The number of hydrogen-bond donors (Lipinski definition) is 1. The molecular weight excluding hydrogens is 318 g/mol. The Morgan fingerprint density at radius 3 is 2.24 bits per heavy atom. The molecule has 1 heterocycles. The molecule has 1 amide bonds. The topological polar surface area (TPSA) is 29.1 Å². The van der Waals surface area contributed by atoms with Crippen LogP contribution in [0.3, 0.4) is 0 Å². The van der Waals surface area contributed by atoms with Gasteiger partial charge in [0.25, 0.3) is 0 Å². The molecule has 2 aromatic rings. The standard InChI is InChI=1S/C16H13NOS3/c18-15-14(21-16(19)17-15)13(11-7-3-1-4-8-11)20-12-9-5-2-6-10-12/h1-10,13-14H,(H,17,18,19). The lowest BCUT2D eigenvalue weighted by molar-refractivity contribution is -0.118. The summed E-state index contributed by atoms with van der Waals surface area (Å²) in [5, 5.41) is 2.60. The van der Waals surface area contributed by atoms with Gasteiger partial charge in [0.1, 0.15) is 9.57 Å². The smallest absolute Gasteiger partial charge is 0.240 e. The Balaban J connectivity index is 1.92. The lowest BCUT2D eigenvalue weighted by Gasteiger charge is -2.20. The molecule has 0 bridgehead atoms. The second kappa shape index (κ2) is 6.64. The van der Waals surface area contributed by atoms with E-state index < -0.39 is 0 Å². The van der Waals surface area contributed by atoms with Gasteiger partial charge in [-0.05, 0) is 17.7 Å². The van der Waals surface area contributed by atoms with Crippen LogP contribution in [-0.2, 0) is 4.79 Å². The predicted octanol–water partition coefficient (Wildman–Crippen LogP) is 4.04. The number of nitrogens with one attached hydrogen (secondary N) is 1. The highest BCUT2D eigenvalue weighted by atomic mass is 32.2. The third-order valence-electron chi connectivity index (χ3n) is 3.13. The van der Waals surface area contributed by atoms with Crippen molar-refractivity contribution in [3.8, 4) is 0 Å². The van der Waals surface area contributed by atoms with Crippen molar-refractivity contribution < 1.29 is 4.79 Å². The molecule has 1 aliphatic heterocycles. The highest BCUT2D eigenvalue weighted by Crippen LogP contribution is 2.44. The number of thioether (sulfide) groups is 2. The van der Waals surface area contributed by atoms with E-state index in [0.717, 1.165) is 10.5 Å². The number of benzene rings is 2. The van der Waals surface area contributed by atoms with Crippen molar-refractivity contribution >= 4 is 46.0 Å². The van der Waals surface area contributed by atoms with Gasteiger partial charge in [0.05, 0.1) is 5.25 Å². The Labute approximate surface area is 137 Å². The molecule has 3 rings (SSSR count). The zero-order valence-electron chi connectivity index (χ0n) is 11.1. The first-order chi connectivity index (χ1) is 10.2. The fourth-order valence-electron chi connectivity index (χ4n) is 2.16. The molecule has 1 N–H and O–H groups in total. The van der Waals surface area contributed by atoms with Crippen molar-refractivity contribution in [2.75, 3.05) is 0 Å². The van der Waals surface area contributed by atoms with Crippen LogP contribution >= 0.6 is 35.7 Å². The lowest BCUT2D eigenvalue weighted by atomic mass is 10.1. The molecule has 0 saturated carbocycles. The fraction of sp³-hybridized carbons (Fsp3) is 0.125. The summed E-state index contributed by atoms with van der Waals surface area (Å²) in [7, 11) is 0. The molecule has 1 saturated heterocycles. The SMILES string of the molecule is O=C1NC(=S)SC1C(Sc1ccccc1)c1ccccc1. The van der Waals surface area contributed by atoms with Gasteiger partial charge in [-0.3, -0.25) is 4.79 Å². The second-order valence-corrected chi connectivity index (χ2v) is 7.61. The lowest BCUT2D eigenvalue weighted by Crippen LogP contribution is -2.27. The van der Waals surface area contributed by atoms with Gasteiger partial charge in [-0.15, -0.1) is 11.8 Å². The van der Waals surface area contributed by atoms with Crippen LogP contribution < -0.4 is 5.32 Å². The summed E-state index contributed by atoms with van der Waals surface area (Å²) in [4.78, 5) is 13.3. The normalized spacial score (nSPS) is 19.3. The first-order valence-electron chi connectivity index (χ1n) is 6.52. The first kappa shape index (κ1) is 14.6. The van der Waals surface area contributed by atoms with Gasteiger partial charge in [0, 0.05) is 4.90 Å². The van der Waals surface area contributed by atoms with E-state index in [1.807, 2.05) is 36.4 Å². The Hall–Kier alpha value is -1.30. The maximum atomic E-state index is 12.2. The van der Waals surface area contributed by atoms with E-state index >= 15 is 0 Å². The Kier molecular flexibility index (Phi) is 4.63. The number of thiocarbonyl (C=S) groups is 1. The van der Waals surface area contributed by atoms with Gasteiger partial charge in [-0.25, -0.2) is 0 Å². The van der Waals surface area contributed by atoms with Gasteiger partial charge in [0.2, 0.25) is 5.91 Å². The zero-order valence-corrected chi connectivity index (χ0v) is 13.5. The summed E-state index contributed by atoms with van der Waals surface area (Å²) < 4.78 is 0.569. The average molecular weight is 331 g/mol. The van der Waals surface area contributed by atoms with Gasteiger partial charge >= 0.3 is 0 Å². The summed E-state index contributed by atoms with van der Waals surface area (Å²) in [6.45, 7) is 0. The van der Waals surface area contributed by atoms with Crippen LogP contribution in [0.4, 0.5) is 0 Å². The minimum atomic E-state index is -0.190. The predicted molar refractivity (Wildman–Crippen MR) is 93.6 cm³/mol. The molecule has 21 heavy (non-hydrogen) atoms. The van der Waals surface area contributed by atoms with E-state index in [1.54, 1.807) is 11.8 Å². The summed E-state index contributed by atoms with van der Waals surface area (Å²) in [6, 6.07) is 20.3. The van der Waals surface area contributed by atoms with E-state index in [9.17, 15) is 4.79 Å². The van der Waals surface area contributed by atoms with Crippen molar-refractivity contribution in [1.29, 1.82) is 0 Å².